The van der Waals surface area contributed by atoms with Gasteiger partial charge in [-0.15, -0.1) is 0 Å². The predicted octanol–water partition coefficient (Wildman–Crippen LogP) is 3.19. The van der Waals surface area contributed by atoms with Crippen molar-refractivity contribution < 1.29 is 22.7 Å². The molecule has 11 heteroatoms. The Kier molecular flexibility index (Phi) is 6.06. The Morgan fingerprint density at radius 1 is 1.20 bits per heavy atom. The van der Waals surface area contributed by atoms with Crippen molar-refractivity contribution in [1.29, 1.82) is 0 Å². The van der Waals surface area contributed by atoms with Crippen molar-refractivity contribution in [2.75, 3.05) is 18.2 Å². The third-order valence-corrected chi connectivity index (χ3v) is 9.43. The molecule has 35 heavy (non-hydrogen) atoms. The Morgan fingerprint density at radius 3 is 2.71 bits per heavy atom. The molecule has 2 aliphatic heterocycles. The molecule has 0 aliphatic carbocycles. The number of rotatable bonds is 5. The van der Waals surface area contributed by atoms with E-state index in [9.17, 15) is 18.0 Å². The molecule has 0 radical (unpaired) electrons. The van der Waals surface area contributed by atoms with Crippen LogP contribution in [0.3, 0.4) is 0 Å². The van der Waals surface area contributed by atoms with Crippen molar-refractivity contribution in [2.45, 2.75) is 38.1 Å². The number of methoxy groups -OCH3 is 1. The molecule has 4 heterocycles. The van der Waals surface area contributed by atoms with Crippen LogP contribution in [-0.2, 0) is 27.7 Å². The van der Waals surface area contributed by atoms with Gasteiger partial charge in [-0.2, -0.15) is 0 Å². The maximum absolute atomic E-state index is 13.2. The minimum Gasteiger partial charge on any atom is -0.496 e. The highest BCUT2D eigenvalue weighted by Gasteiger charge is 2.41. The molecule has 5 rings (SSSR count). The maximum Gasteiger partial charge on any atom is 0.259 e. The number of para-hydroxylation sites is 1. The number of nitrogens with zero attached hydrogens (tertiary/aromatic N) is 3. The molecule has 1 N–H and O–H groups in total. The van der Waals surface area contributed by atoms with Gasteiger partial charge in [-0.3, -0.25) is 19.9 Å². The Morgan fingerprint density at radius 2 is 2.00 bits per heavy atom. The van der Waals surface area contributed by atoms with Gasteiger partial charge in [0.1, 0.15) is 11.0 Å². The molecule has 182 valence electrons. The number of aryl methyl sites for hydroxylation is 1. The Labute approximate surface area is 207 Å². The summed E-state index contributed by atoms with van der Waals surface area (Å²) in [5, 5.41) is 2.33. The van der Waals surface area contributed by atoms with E-state index in [4.69, 9.17) is 4.74 Å². The molecule has 2 aromatic heterocycles. The van der Waals surface area contributed by atoms with E-state index in [0.29, 0.717) is 47.1 Å². The first-order chi connectivity index (χ1) is 16.8. The first-order valence-electron chi connectivity index (χ1n) is 11.2. The third kappa shape index (κ3) is 4.41. The smallest absolute Gasteiger partial charge is 0.259 e. The maximum atomic E-state index is 13.2. The summed E-state index contributed by atoms with van der Waals surface area (Å²) in [6, 6.07) is 9.31. The monoisotopic (exact) mass is 512 g/mol. The van der Waals surface area contributed by atoms with Gasteiger partial charge in [-0.25, -0.2) is 13.4 Å². The summed E-state index contributed by atoms with van der Waals surface area (Å²) >= 11 is 1.29. The van der Waals surface area contributed by atoms with Crippen molar-refractivity contribution in [3.05, 3.63) is 58.4 Å². The lowest BCUT2D eigenvalue weighted by Crippen LogP contribution is -2.38. The molecular weight excluding hydrogens is 488 g/mol. The largest absolute Gasteiger partial charge is 0.496 e. The number of sulfone groups is 1. The number of aromatic nitrogens is 2. The second-order valence-corrected chi connectivity index (χ2v) is 12.0. The van der Waals surface area contributed by atoms with E-state index in [0.717, 1.165) is 16.1 Å². The van der Waals surface area contributed by atoms with Crippen molar-refractivity contribution in [3.8, 4) is 16.9 Å². The fourth-order valence-corrected chi connectivity index (χ4v) is 7.33. The van der Waals surface area contributed by atoms with Crippen molar-refractivity contribution >= 4 is 38.1 Å². The van der Waals surface area contributed by atoms with E-state index in [1.807, 2.05) is 37.3 Å². The summed E-state index contributed by atoms with van der Waals surface area (Å²) in [5.74, 6) is 0.00809. The van der Waals surface area contributed by atoms with Gasteiger partial charge in [-0.05, 0) is 31.9 Å². The zero-order valence-electron chi connectivity index (χ0n) is 19.3. The van der Waals surface area contributed by atoms with Crippen molar-refractivity contribution in [3.63, 3.8) is 0 Å². The Bertz CT molecular complexity index is 1410. The second-order valence-electron chi connectivity index (χ2n) is 8.61. The highest BCUT2D eigenvalue weighted by Crippen LogP contribution is 2.35. The van der Waals surface area contributed by atoms with Crippen LogP contribution in [0.2, 0.25) is 0 Å². The van der Waals surface area contributed by atoms with Gasteiger partial charge in [0, 0.05) is 23.0 Å². The molecule has 0 saturated carbocycles. The Hall–Kier alpha value is -3.31. The van der Waals surface area contributed by atoms with Gasteiger partial charge in [0.25, 0.3) is 5.91 Å². The van der Waals surface area contributed by atoms with Crippen LogP contribution < -0.4 is 10.1 Å². The molecule has 1 fully saturated rings. The number of amides is 2. The number of carbonyl (C=O) groups excluding carboxylic acids is 2. The normalized spacial score (nSPS) is 18.3. The molecule has 1 aromatic carbocycles. The van der Waals surface area contributed by atoms with Crippen LogP contribution in [0.4, 0.5) is 5.13 Å². The average molecular weight is 513 g/mol. The molecule has 0 unspecified atom stereocenters. The summed E-state index contributed by atoms with van der Waals surface area (Å²) in [6.07, 6.45) is 2.43. The molecule has 9 nitrogen and oxygen atoms in total. The van der Waals surface area contributed by atoms with Crippen LogP contribution in [-0.4, -0.2) is 53.2 Å². The number of anilines is 1. The standard InChI is InChI=1S/C24H24N4O5S2/c1-14-10-16(15-6-3-4-7-19(15)33-2)17(11-25-14)22(29)27-24-26-18-12-28(13-20(18)34-24)23(30)21-8-5-9-35(21,31)32/h3-4,6-7,10-11,21H,5,8-9,12-13H2,1-2H3,(H,26,27,29)/t21-/m1/s1. The zero-order chi connectivity index (χ0) is 24.7. The average Bonchev–Trinajstić information content (AvgIpc) is 3.50. The lowest BCUT2D eigenvalue weighted by Gasteiger charge is -2.19. The zero-order valence-corrected chi connectivity index (χ0v) is 20.9. The minimum absolute atomic E-state index is 0.0676. The number of nitrogens with one attached hydrogen (secondary N) is 1. The number of ether oxygens (including phenoxy) is 1. The lowest BCUT2D eigenvalue weighted by atomic mass is 9.99. The fraction of sp³-hybridized carbons (Fsp3) is 0.333. The molecule has 0 spiro atoms. The minimum atomic E-state index is -3.36. The van der Waals surface area contributed by atoms with Crippen LogP contribution in [0.15, 0.2) is 36.5 Å². The van der Waals surface area contributed by atoms with Crippen LogP contribution in [0.1, 0.15) is 39.5 Å². The van der Waals surface area contributed by atoms with Gasteiger partial charge in [0.2, 0.25) is 5.91 Å². The number of fused-ring (bicyclic) bond motifs is 1. The van der Waals surface area contributed by atoms with E-state index >= 15 is 0 Å². The fourth-order valence-electron chi connectivity index (χ4n) is 4.52. The molecule has 1 saturated heterocycles. The topological polar surface area (TPSA) is 119 Å². The second kappa shape index (κ2) is 9.04. The van der Waals surface area contributed by atoms with E-state index in [2.05, 4.69) is 15.3 Å². The van der Waals surface area contributed by atoms with Crippen LogP contribution in [0.5, 0.6) is 5.75 Å². The number of carbonyl (C=O) groups is 2. The molecular formula is C24H24N4O5S2. The molecule has 2 amide bonds. The van der Waals surface area contributed by atoms with E-state index < -0.39 is 15.1 Å². The number of hydrogen-bond acceptors (Lipinski definition) is 8. The summed E-state index contributed by atoms with van der Waals surface area (Å²) < 4.78 is 29.8. The van der Waals surface area contributed by atoms with Gasteiger partial charge in [0.05, 0.1) is 42.1 Å². The van der Waals surface area contributed by atoms with Crippen LogP contribution in [0, 0.1) is 6.92 Å². The van der Waals surface area contributed by atoms with Gasteiger partial charge < -0.3 is 9.64 Å². The van der Waals surface area contributed by atoms with E-state index in [-0.39, 0.29) is 24.1 Å². The van der Waals surface area contributed by atoms with Crippen molar-refractivity contribution in [1.82, 2.24) is 14.9 Å². The molecule has 1 atom stereocenters. The summed E-state index contributed by atoms with van der Waals surface area (Å²) in [5.41, 5.74) is 3.32. The van der Waals surface area contributed by atoms with Crippen LogP contribution in [0.25, 0.3) is 11.1 Å². The highest BCUT2D eigenvalue weighted by molar-refractivity contribution is 7.93. The molecule has 2 aliphatic rings. The van der Waals surface area contributed by atoms with Gasteiger partial charge in [-0.1, -0.05) is 29.5 Å². The van der Waals surface area contributed by atoms with Gasteiger partial charge in [0.15, 0.2) is 15.0 Å². The summed E-state index contributed by atoms with van der Waals surface area (Å²) in [6.45, 7) is 2.40. The predicted molar refractivity (Wildman–Crippen MR) is 132 cm³/mol. The van der Waals surface area contributed by atoms with Gasteiger partial charge >= 0.3 is 0 Å². The van der Waals surface area contributed by atoms with Crippen LogP contribution >= 0.6 is 11.3 Å². The first-order valence-corrected chi connectivity index (χ1v) is 13.7. The van der Waals surface area contributed by atoms with E-state index in [1.54, 1.807) is 7.11 Å². The molecule has 0 bridgehead atoms. The van der Waals surface area contributed by atoms with Crippen molar-refractivity contribution in [2.24, 2.45) is 0 Å². The number of thiazole rings is 1. The SMILES string of the molecule is COc1ccccc1-c1cc(C)ncc1C(=O)Nc1nc2c(s1)CN(C(=O)[C@H]1CCCS1(=O)=O)C2. The summed E-state index contributed by atoms with van der Waals surface area (Å²) in [7, 11) is -1.78. The Balaban J connectivity index is 1.34. The third-order valence-electron chi connectivity index (χ3n) is 6.27. The van der Waals surface area contributed by atoms with E-state index in [1.165, 1.54) is 22.4 Å². The first kappa shape index (κ1) is 23.4. The number of pyridine rings is 1. The highest BCUT2D eigenvalue weighted by atomic mass is 32.2. The molecule has 3 aromatic rings. The quantitative estimate of drug-likeness (QED) is 0.558. The number of benzene rings is 1. The summed E-state index contributed by atoms with van der Waals surface area (Å²) in [4.78, 5) is 37.2. The lowest BCUT2D eigenvalue weighted by molar-refractivity contribution is -0.131. The number of hydrogen-bond donors (Lipinski definition) is 1.